The molecule has 0 spiro atoms. The van der Waals surface area contributed by atoms with Crippen molar-refractivity contribution in [1.82, 2.24) is 0 Å². The molecule has 2 aromatic rings. The van der Waals surface area contributed by atoms with E-state index in [0.717, 1.165) is 12.2 Å². The van der Waals surface area contributed by atoms with Gasteiger partial charge in [-0.05, 0) is 35.1 Å². The van der Waals surface area contributed by atoms with Gasteiger partial charge >= 0.3 is 0 Å². The summed E-state index contributed by atoms with van der Waals surface area (Å²) in [6, 6.07) is 17.2. The number of rotatable bonds is 4. The Hall–Kier alpha value is -1.76. The molecule has 1 nitrogen and oxygen atoms in total. The lowest BCUT2D eigenvalue weighted by molar-refractivity contribution is 0.337. The average Bonchev–Trinajstić information content (AvgIpc) is 2.41. The fourth-order valence-electron chi connectivity index (χ4n) is 2.29. The van der Waals surface area contributed by atoms with Crippen molar-refractivity contribution in [3.63, 3.8) is 0 Å². The molecule has 1 heteroatoms. The summed E-state index contributed by atoms with van der Waals surface area (Å²) in [5.74, 6) is 0.995. The van der Waals surface area contributed by atoms with Crippen LogP contribution in [0.25, 0.3) is 0 Å². The predicted molar refractivity (Wildman–Crippen MR) is 85.6 cm³/mol. The lowest BCUT2D eigenvalue weighted by Gasteiger charge is -2.19. The molecule has 0 saturated heterocycles. The van der Waals surface area contributed by atoms with Crippen molar-refractivity contribution in [2.75, 3.05) is 6.61 Å². The molecule has 0 saturated carbocycles. The molecule has 0 aliphatic carbocycles. The van der Waals surface area contributed by atoms with Gasteiger partial charge in [0.25, 0.3) is 0 Å². The van der Waals surface area contributed by atoms with Crippen LogP contribution < -0.4 is 4.74 Å². The summed E-state index contributed by atoms with van der Waals surface area (Å²) in [7, 11) is 0. The van der Waals surface area contributed by atoms with Crippen molar-refractivity contribution >= 4 is 0 Å². The Morgan fingerprint density at radius 2 is 1.55 bits per heavy atom. The third-order valence-electron chi connectivity index (χ3n) is 3.49. The van der Waals surface area contributed by atoms with Gasteiger partial charge < -0.3 is 4.74 Å². The van der Waals surface area contributed by atoms with Gasteiger partial charge in [-0.15, -0.1) is 0 Å². The number of para-hydroxylation sites is 1. The highest BCUT2D eigenvalue weighted by Crippen LogP contribution is 2.25. The summed E-state index contributed by atoms with van der Waals surface area (Å²) in [4.78, 5) is 0. The molecule has 0 unspecified atom stereocenters. The first-order valence-electron chi connectivity index (χ1n) is 7.31. The molecule has 0 heterocycles. The molecule has 2 aromatic carbocycles. The first-order chi connectivity index (χ1) is 9.50. The fourth-order valence-corrected chi connectivity index (χ4v) is 2.29. The standard InChI is InChI=1S/C19H24O/c1-5-20-18-9-7-6-8-16(18)14-15-10-12-17(13-11-15)19(2,3)4/h6-13H,5,14H2,1-4H3. The van der Waals surface area contributed by atoms with Crippen LogP contribution in [0.4, 0.5) is 0 Å². The van der Waals surface area contributed by atoms with E-state index in [4.69, 9.17) is 4.74 Å². The number of hydrogen-bond acceptors (Lipinski definition) is 1. The van der Waals surface area contributed by atoms with E-state index in [9.17, 15) is 0 Å². The minimum absolute atomic E-state index is 0.210. The molecule has 0 aliphatic rings. The fraction of sp³-hybridized carbons (Fsp3) is 0.368. The van der Waals surface area contributed by atoms with Gasteiger partial charge in [-0.3, -0.25) is 0 Å². The zero-order valence-corrected chi connectivity index (χ0v) is 12.9. The Labute approximate surface area is 122 Å². The molecule has 0 amide bonds. The third-order valence-corrected chi connectivity index (χ3v) is 3.49. The zero-order chi connectivity index (χ0) is 14.6. The van der Waals surface area contributed by atoms with Crippen molar-refractivity contribution in [3.8, 4) is 5.75 Å². The highest BCUT2D eigenvalue weighted by molar-refractivity contribution is 5.38. The number of ether oxygens (including phenoxy) is 1. The number of benzene rings is 2. The third kappa shape index (κ3) is 3.63. The second kappa shape index (κ2) is 6.13. The molecule has 2 rings (SSSR count). The van der Waals surface area contributed by atoms with E-state index in [2.05, 4.69) is 57.2 Å². The van der Waals surface area contributed by atoms with E-state index in [1.807, 2.05) is 19.1 Å². The summed E-state index contributed by atoms with van der Waals surface area (Å²) in [6.07, 6.45) is 0.917. The van der Waals surface area contributed by atoms with Crippen LogP contribution in [-0.2, 0) is 11.8 Å². The second-order valence-electron chi connectivity index (χ2n) is 6.16. The average molecular weight is 268 g/mol. The summed E-state index contributed by atoms with van der Waals surface area (Å²) in [5.41, 5.74) is 4.16. The Morgan fingerprint density at radius 3 is 2.15 bits per heavy atom. The van der Waals surface area contributed by atoms with Gasteiger partial charge in [-0.25, -0.2) is 0 Å². The van der Waals surface area contributed by atoms with E-state index in [0.29, 0.717) is 6.61 Å². The van der Waals surface area contributed by atoms with Crippen molar-refractivity contribution in [2.45, 2.75) is 39.5 Å². The molecule has 0 aromatic heterocycles. The van der Waals surface area contributed by atoms with Crippen LogP contribution in [-0.4, -0.2) is 6.61 Å². The van der Waals surface area contributed by atoms with Gasteiger partial charge in [0.2, 0.25) is 0 Å². The van der Waals surface area contributed by atoms with Gasteiger partial charge in [0.15, 0.2) is 0 Å². The van der Waals surface area contributed by atoms with Crippen LogP contribution in [0.2, 0.25) is 0 Å². The monoisotopic (exact) mass is 268 g/mol. The van der Waals surface area contributed by atoms with E-state index in [-0.39, 0.29) is 5.41 Å². The first kappa shape index (κ1) is 14.6. The summed E-state index contributed by atoms with van der Waals surface area (Å²) < 4.78 is 5.69. The normalized spacial score (nSPS) is 11.4. The van der Waals surface area contributed by atoms with Crippen LogP contribution in [0.5, 0.6) is 5.75 Å². The molecule has 0 aliphatic heterocycles. The van der Waals surface area contributed by atoms with Crippen LogP contribution in [0.3, 0.4) is 0 Å². The molecule has 106 valence electrons. The van der Waals surface area contributed by atoms with Crippen LogP contribution >= 0.6 is 0 Å². The maximum absolute atomic E-state index is 5.69. The maximum atomic E-state index is 5.69. The Balaban J connectivity index is 2.18. The van der Waals surface area contributed by atoms with Crippen molar-refractivity contribution in [1.29, 1.82) is 0 Å². The molecule has 20 heavy (non-hydrogen) atoms. The number of hydrogen-bond donors (Lipinski definition) is 0. The quantitative estimate of drug-likeness (QED) is 0.760. The van der Waals surface area contributed by atoms with Crippen molar-refractivity contribution < 1.29 is 4.74 Å². The summed E-state index contributed by atoms with van der Waals surface area (Å²) >= 11 is 0. The van der Waals surface area contributed by atoms with Gasteiger partial charge in [0.05, 0.1) is 6.61 Å². The molecule has 0 N–H and O–H groups in total. The Bertz CT molecular complexity index is 547. The molecular weight excluding hydrogens is 244 g/mol. The lowest BCUT2D eigenvalue weighted by Crippen LogP contribution is -2.10. The van der Waals surface area contributed by atoms with E-state index < -0.39 is 0 Å². The molecule has 0 bridgehead atoms. The van der Waals surface area contributed by atoms with E-state index in [1.54, 1.807) is 0 Å². The van der Waals surface area contributed by atoms with E-state index in [1.165, 1.54) is 16.7 Å². The van der Waals surface area contributed by atoms with Crippen LogP contribution in [0.1, 0.15) is 44.4 Å². The van der Waals surface area contributed by atoms with Gasteiger partial charge in [0.1, 0.15) is 5.75 Å². The van der Waals surface area contributed by atoms with Crippen LogP contribution in [0.15, 0.2) is 48.5 Å². The van der Waals surface area contributed by atoms with Crippen LogP contribution in [0, 0.1) is 0 Å². The topological polar surface area (TPSA) is 9.23 Å². The van der Waals surface area contributed by atoms with Crippen molar-refractivity contribution in [3.05, 3.63) is 65.2 Å². The molecule has 0 atom stereocenters. The SMILES string of the molecule is CCOc1ccccc1Cc1ccc(C(C)(C)C)cc1. The van der Waals surface area contributed by atoms with Gasteiger partial charge in [-0.1, -0.05) is 63.2 Å². The Kier molecular flexibility index (Phi) is 4.49. The lowest BCUT2D eigenvalue weighted by atomic mass is 9.86. The first-order valence-corrected chi connectivity index (χ1v) is 7.31. The smallest absolute Gasteiger partial charge is 0.122 e. The molecular formula is C19H24O. The maximum Gasteiger partial charge on any atom is 0.122 e. The summed E-state index contributed by atoms with van der Waals surface area (Å²) in [6.45, 7) is 9.46. The second-order valence-corrected chi connectivity index (χ2v) is 6.16. The molecule has 0 radical (unpaired) electrons. The zero-order valence-electron chi connectivity index (χ0n) is 12.9. The van der Waals surface area contributed by atoms with Gasteiger partial charge in [-0.2, -0.15) is 0 Å². The highest BCUT2D eigenvalue weighted by Gasteiger charge is 2.13. The summed E-state index contributed by atoms with van der Waals surface area (Å²) in [5, 5.41) is 0. The largest absolute Gasteiger partial charge is 0.494 e. The molecule has 0 fully saturated rings. The highest BCUT2D eigenvalue weighted by atomic mass is 16.5. The predicted octanol–water partition coefficient (Wildman–Crippen LogP) is 4.97. The van der Waals surface area contributed by atoms with Crippen molar-refractivity contribution in [2.24, 2.45) is 0 Å². The minimum atomic E-state index is 0.210. The van der Waals surface area contributed by atoms with Gasteiger partial charge in [0, 0.05) is 6.42 Å². The van der Waals surface area contributed by atoms with E-state index >= 15 is 0 Å². The Morgan fingerprint density at radius 1 is 0.900 bits per heavy atom. The minimum Gasteiger partial charge on any atom is -0.494 e.